The number of hydrogen-bond donors (Lipinski definition) is 17. The van der Waals surface area contributed by atoms with Gasteiger partial charge in [-0.3, -0.25) is 33.6 Å². The lowest BCUT2D eigenvalue weighted by Gasteiger charge is -2.40. The molecule has 536 valence electrons. The number of hydrogen-bond acceptors (Lipinski definition) is 27. The van der Waals surface area contributed by atoms with Gasteiger partial charge >= 0.3 is 5.97 Å². The van der Waals surface area contributed by atoms with E-state index in [1.54, 1.807) is 0 Å². The largest absolute Gasteiger partial charge is 0.396 e. The van der Waals surface area contributed by atoms with E-state index in [0.29, 0.717) is 17.9 Å². The van der Waals surface area contributed by atoms with Crippen molar-refractivity contribution < 1.29 is 133 Å². The topological polar surface area (TPSA) is 507 Å². The Hall–Kier alpha value is -4.76. The fourth-order valence-electron chi connectivity index (χ4n) is 11.1. The summed E-state index contributed by atoms with van der Waals surface area (Å²) in [5.41, 5.74) is -1.63. The molecular weight excluding hydrogens is 1240 g/mol. The van der Waals surface area contributed by atoms with Gasteiger partial charge in [-0.2, -0.15) is 0 Å². The van der Waals surface area contributed by atoms with Crippen LogP contribution in [0.3, 0.4) is 0 Å². The molecule has 0 aromatic heterocycles. The molecule has 4 fully saturated rings. The van der Waals surface area contributed by atoms with Gasteiger partial charge in [0.25, 0.3) is 11.8 Å². The minimum Gasteiger partial charge on any atom is -0.396 e. The number of nitrogens with one attached hydrogen (secondary N) is 5. The molecule has 1 unspecified atom stereocenters. The minimum absolute atomic E-state index is 0.0159. The predicted octanol–water partition coefficient (Wildman–Crippen LogP) is -4.28. The minimum atomic E-state index is -1.74. The molecule has 0 saturated carbocycles. The highest BCUT2D eigenvalue weighted by atomic mass is 16.7. The zero-order valence-corrected chi connectivity index (χ0v) is 53.2. The number of ether oxygens (including phenoxy) is 6. The molecule has 33 nitrogen and oxygen atoms in total. The molecule has 4 aliphatic heterocycles. The summed E-state index contributed by atoms with van der Waals surface area (Å²) in [6, 6.07) is -1.52. The van der Waals surface area contributed by atoms with E-state index < -0.39 is 197 Å². The fourth-order valence-corrected chi connectivity index (χ4v) is 11.1. The zero-order chi connectivity index (χ0) is 68.5. The van der Waals surface area contributed by atoms with Crippen LogP contribution in [0.2, 0.25) is 0 Å². The Morgan fingerprint density at radius 3 is 1.32 bits per heavy atom. The number of carbonyl (C=O) groups is 8. The molecule has 0 aliphatic carbocycles. The Bertz CT molecular complexity index is 2240. The van der Waals surface area contributed by atoms with Gasteiger partial charge in [0.2, 0.25) is 29.5 Å². The highest BCUT2D eigenvalue weighted by Gasteiger charge is 2.47. The highest BCUT2D eigenvalue weighted by Crippen LogP contribution is 2.29. The van der Waals surface area contributed by atoms with Crippen LogP contribution in [0.1, 0.15) is 167 Å². The molecule has 93 heavy (non-hydrogen) atoms. The first-order valence-corrected chi connectivity index (χ1v) is 32.7. The quantitative estimate of drug-likeness (QED) is 0.0203. The van der Waals surface area contributed by atoms with Crippen LogP contribution in [0.4, 0.5) is 0 Å². The average molecular weight is 1340 g/mol. The third kappa shape index (κ3) is 27.7. The molecule has 0 spiro atoms. The monoisotopic (exact) mass is 1340 g/mol. The predicted molar refractivity (Wildman–Crippen MR) is 320 cm³/mol. The molecule has 33 heteroatoms. The van der Waals surface area contributed by atoms with Crippen LogP contribution in [0.5, 0.6) is 0 Å². The van der Waals surface area contributed by atoms with Crippen molar-refractivity contribution in [1.82, 2.24) is 31.6 Å². The second kappa shape index (κ2) is 43.4. The van der Waals surface area contributed by atoms with Gasteiger partial charge in [0.15, 0.2) is 18.9 Å². The van der Waals surface area contributed by atoms with Crippen LogP contribution in [-0.4, -0.2) is 277 Å². The summed E-state index contributed by atoms with van der Waals surface area (Å²) in [6.45, 7) is -1.24. The van der Waals surface area contributed by atoms with Crippen molar-refractivity contribution in [3.63, 3.8) is 0 Å². The molecule has 4 saturated heterocycles. The summed E-state index contributed by atoms with van der Waals surface area (Å²) >= 11 is 0. The Morgan fingerprint density at radius 2 is 0.892 bits per heavy atom. The number of imide groups is 1. The Kier molecular flexibility index (Phi) is 37.7. The maximum absolute atomic E-state index is 14.9. The van der Waals surface area contributed by atoms with Gasteiger partial charge in [-0.1, -0.05) is 77.6 Å². The van der Waals surface area contributed by atoms with E-state index in [4.69, 9.17) is 33.3 Å². The smallest absolute Gasteiger partial charge is 0.333 e. The van der Waals surface area contributed by atoms with Crippen molar-refractivity contribution in [2.45, 2.75) is 271 Å². The summed E-state index contributed by atoms with van der Waals surface area (Å²) in [7, 11) is 0. The van der Waals surface area contributed by atoms with Gasteiger partial charge in [-0.25, -0.2) is 4.79 Å². The summed E-state index contributed by atoms with van der Waals surface area (Å²) in [5, 5.41) is 135. The summed E-state index contributed by atoms with van der Waals surface area (Å²) < 4.78 is 32.8. The normalized spacial score (nSPS) is 28.3. The van der Waals surface area contributed by atoms with Gasteiger partial charge in [0.05, 0.1) is 45.6 Å². The lowest BCUT2D eigenvalue weighted by molar-refractivity contribution is -0.300. The van der Waals surface area contributed by atoms with Crippen LogP contribution >= 0.6 is 0 Å². The maximum Gasteiger partial charge on any atom is 0.333 e. The van der Waals surface area contributed by atoms with E-state index in [-0.39, 0.29) is 97.2 Å². The van der Waals surface area contributed by atoms with E-state index in [1.807, 2.05) is 0 Å². The first-order chi connectivity index (χ1) is 44.5. The summed E-state index contributed by atoms with van der Waals surface area (Å²) in [4.78, 5) is 113. The molecule has 4 rings (SSSR count). The van der Waals surface area contributed by atoms with E-state index in [0.717, 1.165) is 32.1 Å². The van der Waals surface area contributed by atoms with Gasteiger partial charge in [-0.15, -0.1) is 5.06 Å². The fraction of sp³-hybridized carbons (Fsp3) is 0.867. The number of unbranched alkanes of at least 4 members (excludes halogenated alkanes) is 11. The van der Waals surface area contributed by atoms with Crippen molar-refractivity contribution in [3.8, 4) is 0 Å². The molecule has 4 heterocycles. The number of hydroxylamine groups is 2. The van der Waals surface area contributed by atoms with Crippen molar-refractivity contribution in [3.05, 3.63) is 0 Å². The van der Waals surface area contributed by atoms with Gasteiger partial charge < -0.3 is 121 Å². The number of aliphatic hydroxyl groups is 12. The first-order valence-electron chi connectivity index (χ1n) is 32.7. The number of amides is 7. The van der Waals surface area contributed by atoms with Crippen molar-refractivity contribution in [1.29, 1.82) is 0 Å². The molecule has 7 amide bonds. The number of aliphatic hydroxyl groups excluding tert-OH is 12. The molecule has 0 radical (unpaired) electrons. The van der Waals surface area contributed by atoms with Crippen molar-refractivity contribution in [2.24, 2.45) is 0 Å². The molecule has 0 aromatic rings. The first kappa shape index (κ1) is 80.7. The van der Waals surface area contributed by atoms with Crippen molar-refractivity contribution in [2.75, 3.05) is 59.3 Å². The average Bonchev–Trinajstić information content (AvgIpc) is 2.44. The van der Waals surface area contributed by atoms with Crippen LogP contribution in [0.25, 0.3) is 0 Å². The molecule has 0 aromatic carbocycles. The second-order valence-electron chi connectivity index (χ2n) is 24.0. The van der Waals surface area contributed by atoms with Crippen LogP contribution in [-0.2, 0) is 71.6 Å². The lowest BCUT2D eigenvalue weighted by Crippen LogP contribution is -2.59. The third-order valence-electron chi connectivity index (χ3n) is 16.8. The zero-order valence-electron chi connectivity index (χ0n) is 53.2. The Morgan fingerprint density at radius 1 is 0.495 bits per heavy atom. The van der Waals surface area contributed by atoms with Crippen molar-refractivity contribution >= 4 is 47.3 Å². The van der Waals surface area contributed by atoms with Crippen LogP contribution in [0, 0.1) is 0 Å². The van der Waals surface area contributed by atoms with E-state index in [1.165, 1.54) is 32.1 Å². The van der Waals surface area contributed by atoms with E-state index in [9.17, 15) is 99.6 Å². The van der Waals surface area contributed by atoms with E-state index >= 15 is 0 Å². The molecule has 4 aliphatic rings. The van der Waals surface area contributed by atoms with Gasteiger partial charge in [0.1, 0.15) is 73.2 Å². The Labute approximate surface area is 540 Å². The van der Waals surface area contributed by atoms with Crippen LogP contribution < -0.4 is 26.6 Å². The third-order valence-corrected chi connectivity index (χ3v) is 16.8. The van der Waals surface area contributed by atoms with Gasteiger partial charge in [-0.05, 0) is 44.9 Å². The standard InChI is InChI=1S/C60H104N6O27/c1-2-3-4-5-6-7-8-9-10-11-12-13-15-43(73)64-36(17-20-46(76)93-66-44(74)18-19-45(66)75)56(86)65-60(26-22-42(72)63-29-33-89-59-55(85)52(82)49(79)39(35-69)92-59,24-14-16-40(70)61-27-31-88-58-54(84)51(81)48(78)38(34-68)91-58)25-21-41(71)62-28-32-87-57-53(83)50(80)47(77)37(90-57)23-30-67/h36-39,47-55,57-59,67-69,77-85H,2-35H2,1H3,(H,61,70)(H,62,71)(H,63,72)(H,64,73)(H,65,86)/t36-,37+,38+,39+,47+,48+,49+,50-,51-,52-,53-,54-,55-,57-,58-,59-,60?/m0/s1. The molecule has 17 atom stereocenters. The maximum atomic E-state index is 14.9. The summed E-state index contributed by atoms with van der Waals surface area (Å²) in [6.07, 6.45) is -14.3. The van der Waals surface area contributed by atoms with Gasteiger partial charge in [0, 0.05) is 70.3 Å². The molecule has 17 N–H and O–H groups in total. The Balaban J connectivity index is 1.56. The van der Waals surface area contributed by atoms with Crippen LogP contribution in [0.15, 0.2) is 0 Å². The molecule has 0 bridgehead atoms. The SMILES string of the molecule is CCCCCCCCCCCCCCC(=O)N[C@@H](CCC(=O)ON1C(=O)CCC1=O)C(=O)NC(CCCC(=O)NCCO[C@H]1O[C@H](CO)[C@@H](O)[C@H](O)[C@@H]1O)(CCC(=O)NCCO[C@H]1O[C@H](CO)[C@@H](O)[C@H](O)[C@@H]1O)CCC(=O)NCCO[C@H]1O[C@H](CCO)[C@@H](O)[C@H](O)[C@@H]1O. The lowest BCUT2D eigenvalue weighted by atomic mass is 9.82. The number of carbonyl (C=O) groups excluding carboxylic acids is 8. The highest BCUT2D eigenvalue weighted by molar-refractivity contribution is 6.01. The molecular formula is C60H104N6O27. The second-order valence-corrected chi connectivity index (χ2v) is 24.0. The number of rotatable bonds is 46. The van der Waals surface area contributed by atoms with E-state index in [2.05, 4.69) is 33.5 Å². The summed E-state index contributed by atoms with van der Waals surface area (Å²) in [5.74, 6) is -5.95. The number of nitrogens with zero attached hydrogens (tertiary/aromatic N) is 1.